The minimum absolute atomic E-state index is 0.0550. The Labute approximate surface area is 170 Å². The second-order valence-electron chi connectivity index (χ2n) is 7.10. The predicted octanol–water partition coefficient (Wildman–Crippen LogP) is 3.31. The number of esters is 1. The van der Waals surface area contributed by atoms with Crippen LogP contribution in [-0.4, -0.2) is 30.6 Å². The lowest BCUT2D eigenvalue weighted by Gasteiger charge is -2.10. The van der Waals surface area contributed by atoms with E-state index in [0.717, 1.165) is 16.7 Å². The topological polar surface area (TPSA) is 96.5 Å². The van der Waals surface area contributed by atoms with Crippen molar-refractivity contribution in [3.05, 3.63) is 64.7 Å². The number of hydrogen-bond donors (Lipinski definition) is 3. The van der Waals surface area contributed by atoms with Crippen LogP contribution in [0.1, 0.15) is 40.9 Å². The van der Waals surface area contributed by atoms with Crippen LogP contribution in [0.3, 0.4) is 0 Å². The van der Waals surface area contributed by atoms with Crippen molar-refractivity contribution in [2.75, 3.05) is 11.9 Å². The quantitative estimate of drug-likeness (QED) is 0.625. The molecule has 0 aliphatic heterocycles. The molecule has 0 fully saturated rings. The minimum atomic E-state index is -0.586. The molecule has 0 unspecified atom stereocenters. The molecule has 7 nitrogen and oxygen atoms in total. The fourth-order valence-corrected chi connectivity index (χ4v) is 2.48. The summed E-state index contributed by atoms with van der Waals surface area (Å²) < 4.78 is 5.07. The molecule has 29 heavy (non-hydrogen) atoms. The maximum atomic E-state index is 12.1. The number of carbonyl (C=O) groups excluding carboxylic acids is 3. The fourth-order valence-electron chi connectivity index (χ4n) is 2.48. The summed E-state index contributed by atoms with van der Waals surface area (Å²) in [7, 11) is 0. The summed E-state index contributed by atoms with van der Waals surface area (Å²) >= 11 is 0. The number of carbonyl (C=O) groups is 3. The van der Waals surface area contributed by atoms with E-state index in [-0.39, 0.29) is 18.7 Å². The van der Waals surface area contributed by atoms with Gasteiger partial charge in [-0.15, -0.1) is 0 Å². The molecule has 3 N–H and O–H groups in total. The van der Waals surface area contributed by atoms with E-state index in [9.17, 15) is 14.4 Å². The van der Waals surface area contributed by atoms with Crippen LogP contribution in [0.2, 0.25) is 0 Å². The van der Waals surface area contributed by atoms with Crippen molar-refractivity contribution in [3.63, 3.8) is 0 Å². The Morgan fingerprint density at radius 3 is 2.28 bits per heavy atom. The zero-order chi connectivity index (χ0) is 21.4. The molecule has 0 bridgehead atoms. The number of anilines is 1. The highest BCUT2D eigenvalue weighted by Crippen LogP contribution is 2.14. The molecule has 154 valence electrons. The molecule has 2 aromatic rings. The number of nitrogens with one attached hydrogen (secondary N) is 3. The maximum absolute atomic E-state index is 12.1. The second-order valence-corrected chi connectivity index (χ2v) is 7.10. The normalized spacial score (nSPS) is 10.4. The van der Waals surface area contributed by atoms with Gasteiger partial charge in [0.25, 0.3) is 5.91 Å². The van der Waals surface area contributed by atoms with Gasteiger partial charge in [0.2, 0.25) is 0 Å². The summed E-state index contributed by atoms with van der Waals surface area (Å²) in [6.45, 7) is 7.67. The van der Waals surface area contributed by atoms with Crippen LogP contribution in [0.4, 0.5) is 10.5 Å². The molecule has 2 aromatic carbocycles. The summed E-state index contributed by atoms with van der Waals surface area (Å²) in [5, 5.41) is 8.17. The van der Waals surface area contributed by atoms with Gasteiger partial charge in [-0.05, 0) is 68.7 Å². The first kappa shape index (κ1) is 21.9. The number of amides is 3. The van der Waals surface area contributed by atoms with Gasteiger partial charge in [-0.25, -0.2) is 9.59 Å². The van der Waals surface area contributed by atoms with E-state index in [1.165, 1.54) is 0 Å². The lowest BCUT2D eigenvalue weighted by Crippen LogP contribution is -2.39. The molecule has 0 radical (unpaired) electrons. The van der Waals surface area contributed by atoms with Gasteiger partial charge >= 0.3 is 12.0 Å². The van der Waals surface area contributed by atoms with Crippen LogP contribution in [0.5, 0.6) is 0 Å². The van der Waals surface area contributed by atoms with Crippen LogP contribution >= 0.6 is 0 Å². The van der Waals surface area contributed by atoms with E-state index in [4.69, 9.17) is 4.74 Å². The van der Waals surface area contributed by atoms with Gasteiger partial charge in [0.1, 0.15) is 0 Å². The SMILES string of the molecule is Cc1ccc(NC(=O)COC(=O)c2ccc(CNC(=O)NC(C)C)cc2)cc1C. The van der Waals surface area contributed by atoms with Crippen molar-refractivity contribution in [3.8, 4) is 0 Å². The molecule has 0 saturated heterocycles. The Morgan fingerprint density at radius 2 is 1.66 bits per heavy atom. The standard InChI is InChI=1S/C22H27N3O4/c1-14(2)24-22(28)23-12-17-6-8-18(9-7-17)21(27)29-13-20(26)25-19-10-5-15(3)16(4)11-19/h5-11,14H,12-13H2,1-4H3,(H,25,26)(H2,23,24,28). The van der Waals surface area contributed by atoms with E-state index in [1.54, 1.807) is 30.3 Å². The number of benzene rings is 2. The van der Waals surface area contributed by atoms with E-state index in [0.29, 0.717) is 17.8 Å². The van der Waals surface area contributed by atoms with Crippen molar-refractivity contribution < 1.29 is 19.1 Å². The second kappa shape index (κ2) is 10.3. The fraction of sp³-hybridized carbons (Fsp3) is 0.318. The molecule has 3 amide bonds. The molecule has 0 aromatic heterocycles. The van der Waals surface area contributed by atoms with Crippen LogP contribution in [0.15, 0.2) is 42.5 Å². The molecule has 0 saturated carbocycles. The average molecular weight is 397 g/mol. The largest absolute Gasteiger partial charge is 0.452 e. The van der Waals surface area contributed by atoms with Gasteiger partial charge in [0.05, 0.1) is 5.56 Å². The monoisotopic (exact) mass is 397 g/mol. The van der Waals surface area contributed by atoms with Gasteiger partial charge in [0.15, 0.2) is 6.61 Å². The van der Waals surface area contributed by atoms with E-state index in [1.807, 2.05) is 39.8 Å². The number of aryl methyl sites for hydroxylation is 2. The van der Waals surface area contributed by atoms with Crippen molar-refractivity contribution in [1.82, 2.24) is 10.6 Å². The molecule has 7 heteroatoms. The number of urea groups is 1. The first-order chi connectivity index (χ1) is 13.7. The van der Waals surface area contributed by atoms with Crippen LogP contribution in [-0.2, 0) is 16.1 Å². The lowest BCUT2D eigenvalue weighted by atomic mass is 10.1. The van der Waals surface area contributed by atoms with Crippen molar-refractivity contribution >= 4 is 23.6 Å². The third-order valence-corrected chi connectivity index (χ3v) is 4.19. The zero-order valence-electron chi connectivity index (χ0n) is 17.2. The van der Waals surface area contributed by atoms with Gasteiger partial charge in [0, 0.05) is 18.3 Å². The summed E-state index contributed by atoms with van der Waals surface area (Å²) in [6, 6.07) is 12.0. The minimum Gasteiger partial charge on any atom is -0.452 e. The molecular formula is C22H27N3O4. The summed E-state index contributed by atoms with van der Waals surface area (Å²) in [5.74, 6) is -0.990. The van der Waals surface area contributed by atoms with Crippen molar-refractivity contribution in [2.24, 2.45) is 0 Å². The van der Waals surface area contributed by atoms with Gasteiger partial charge in [-0.2, -0.15) is 0 Å². The smallest absolute Gasteiger partial charge is 0.338 e. The molecule has 0 heterocycles. The summed E-state index contributed by atoms with van der Waals surface area (Å²) in [6.07, 6.45) is 0. The third kappa shape index (κ3) is 7.29. The Bertz CT molecular complexity index is 876. The van der Waals surface area contributed by atoms with Crippen molar-refractivity contribution in [1.29, 1.82) is 0 Å². The third-order valence-electron chi connectivity index (χ3n) is 4.19. The van der Waals surface area contributed by atoms with Gasteiger partial charge in [-0.1, -0.05) is 18.2 Å². The zero-order valence-corrected chi connectivity index (χ0v) is 17.2. The highest BCUT2D eigenvalue weighted by atomic mass is 16.5. The lowest BCUT2D eigenvalue weighted by molar-refractivity contribution is -0.119. The van der Waals surface area contributed by atoms with Crippen molar-refractivity contribution in [2.45, 2.75) is 40.3 Å². The van der Waals surface area contributed by atoms with Gasteiger partial charge in [-0.3, -0.25) is 4.79 Å². The molecular weight excluding hydrogens is 370 g/mol. The van der Waals surface area contributed by atoms with Crippen LogP contribution < -0.4 is 16.0 Å². The predicted molar refractivity (Wildman–Crippen MR) is 112 cm³/mol. The van der Waals surface area contributed by atoms with Gasteiger partial charge < -0.3 is 20.7 Å². The number of hydrogen-bond acceptors (Lipinski definition) is 4. The highest BCUT2D eigenvalue weighted by molar-refractivity contribution is 5.95. The first-order valence-electron chi connectivity index (χ1n) is 9.42. The number of rotatable bonds is 7. The Balaban J connectivity index is 1.80. The summed E-state index contributed by atoms with van der Waals surface area (Å²) in [4.78, 5) is 35.7. The maximum Gasteiger partial charge on any atom is 0.338 e. The number of ether oxygens (including phenoxy) is 1. The highest BCUT2D eigenvalue weighted by Gasteiger charge is 2.11. The Hall–Kier alpha value is -3.35. The Kier molecular flexibility index (Phi) is 7.77. The molecule has 0 aliphatic rings. The van der Waals surface area contributed by atoms with Crippen LogP contribution in [0.25, 0.3) is 0 Å². The average Bonchev–Trinajstić information content (AvgIpc) is 2.67. The first-order valence-corrected chi connectivity index (χ1v) is 9.42. The van der Waals surface area contributed by atoms with E-state index >= 15 is 0 Å². The Morgan fingerprint density at radius 1 is 0.966 bits per heavy atom. The molecule has 2 rings (SSSR count). The van der Waals surface area contributed by atoms with E-state index < -0.39 is 11.9 Å². The molecule has 0 aliphatic carbocycles. The summed E-state index contributed by atoms with van der Waals surface area (Å²) in [5.41, 5.74) is 4.03. The molecule has 0 atom stereocenters. The van der Waals surface area contributed by atoms with E-state index in [2.05, 4.69) is 16.0 Å². The molecule has 0 spiro atoms. The van der Waals surface area contributed by atoms with Crippen LogP contribution in [0, 0.1) is 13.8 Å².